The van der Waals surface area contributed by atoms with Crippen molar-refractivity contribution in [2.45, 2.75) is 52.5 Å². The minimum Gasteiger partial charge on any atom is -0.444 e. The summed E-state index contributed by atoms with van der Waals surface area (Å²) in [6.07, 6.45) is 8.65. The van der Waals surface area contributed by atoms with Crippen LogP contribution in [-0.2, 0) is 6.54 Å². The summed E-state index contributed by atoms with van der Waals surface area (Å²) in [6.45, 7) is 5.34. The Morgan fingerprint density at radius 2 is 2.19 bits per heavy atom. The van der Waals surface area contributed by atoms with Gasteiger partial charge in [0.15, 0.2) is 5.96 Å². The monoisotopic (exact) mass is 290 g/mol. The maximum atomic E-state index is 5.54. The van der Waals surface area contributed by atoms with Gasteiger partial charge in [-0.15, -0.1) is 0 Å². The third-order valence-corrected chi connectivity index (χ3v) is 3.83. The number of allylic oxidation sites excluding steroid dienone is 1. The molecule has 1 aromatic heterocycles. The van der Waals surface area contributed by atoms with Gasteiger partial charge >= 0.3 is 0 Å². The SMILES string of the molecule is CN=C(NCCC1=CCCCC1)NCc1nc(C)c(C)o1. The van der Waals surface area contributed by atoms with Crippen LogP contribution in [0.1, 0.15) is 49.4 Å². The number of nitrogens with zero attached hydrogens (tertiary/aromatic N) is 2. The predicted octanol–water partition coefficient (Wildman–Crippen LogP) is 2.85. The fourth-order valence-corrected chi connectivity index (χ4v) is 2.47. The summed E-state index contributed by atoms with van der Waals surface area (Å²) in [7, 11) is 1.78. The summed E-state index contributed by atoms with van der Waals surface area (Å²) < 4.78 is 5.54. The summed E-state index contributed by atoms with van der Waals surface area (Å²) in [5, 5.41) is 6.56. The highest BCUT2D eigenvalue weighted by atomic mass is 16.4. The zero-order valence-corrected chi connectivity index (χ0v) is 13.3. The Balaban J connectivity index is 1.72. The van der Waals surface area contributed by atoms with Crippen molar-refractivity contribution in [1.29, 1.82) is 0 Å². The molecule has 0 fully saturated rings. The third-order valence-electron chi connectivity index (χ3n) is 3.83. The minimum atomic E-state index is 0.553. The molecule has 116 valence electrons. The van der Waals surface area contributed by atoms with E-state index in [0.717, 1.165) is 30.4 Å². The minimum absolute atomic E-state index is 0.553. The normalized spacial score (nSPS) is 15.8. The Morgan fingerprint density at radius 3 is 2.81 bits per heavy atom. The molecule has 0 amide bonds. The van der Waals surface area contributed by atoms with E-state index < -0.39 is 0 Å². The number of aromatic nitrogens is 1. The van der Waals surface area contributed by atoms with E-state index in [9.17, 15) is 0 Å². The number of hydrogen-bond acceptors (Lipinski definition) is 3. The van der Waals surface area contributed by atoms with Gasteiger partial charge in [-0.2, -0.15) is 0 Å². The topological polar surface area (TPSA) is 62.5 Å². The van der Waals surface area contributed by atoms with Gasteiger partial charge in [-0.25, -0.2) is 4.98 Å². The first-order valence-electron chi connectivity index (χ1n) is 7.74. The number of guanidine groups is 1. The highest BCUT2D eigenvalue weighted by Crippen LogP contribution is 2.19. The molecule has 0 saturated heterocycles. The van der Waals surface area contributed by atoms with Gasteiger partial charge in [-0.1, -0.05) is 11.6 Å². The van der Waals surface area contributed by atoms with Crippen LogP contribution >= 0.6 is 0 Å². The molecular weight excluding hydrogens is 264 g/mol. The Kier molecular flexibility index (Phi) is 5.84. The lowest BCUT2D eigenvalue weighted by atomic mass is 9.97. The number of nitrogens with one attached hydrogen (secondary N) is 2. The van der Waals surface area contributed by atoms with Crippen LogP contribution in [0.3, 0.4) is 0 Å². The lowest BCUT2D eigenvalue weighted by Gasteiger charge is -2.14. The predicted molar refractivity (Wildman–Crippen MR) is 85.3 cm³/mol. The van der Waals surface area contributed by atoms with Crippen molar-refractivity contribution < 1.29 is 4.42 Å². The van der Waals surface area contributed by atoms with Gasteiger partial charge in [0, 0.05) is 13.6 Å². The Hall–Kier alpha value is -1.78. The van der Waals surface area contributed by atoms with E-state index in [1.54, 1.807) is 12.6 Å². The van der Waals surface area contributed by atoms with Crippen LogP contribution in [0, 0.1) is 13.8 Å². The van der Waals surface area contributed by atoms with Gasteiger partial charge in [0.25, 0.3) is 0 Å². The van der Waals surface area contributed by atoms with Crippen molar-refractivity contribution in [2.75, 3.05) is 13.6 Å². The van der Waals surface area contributed by atoms with E-state index >= 15 is 0 Å². The van der Waals surface area contributed by atoms with E-state index in [1.165, 1.54) is 25.7 Å². The average molecular weight is 290 g/mol. The van der Waals surface area contributed by atoms with Crippen molar-refractivity contribution in [1.82, 2.24) is 15.6 Å². The van der Waals surface area contributed by atoms with E-state index in [2.05, 4.69) is 26.7 Å². The Labute approximate surface area is 126 Å². The molecule has 5 heteroatoms. The van der Waals surface area contributed by atoms with E-state index in [1.807, 2.05) is 13.8 Å². The van der Waals surface area contributed by atoms with Crippen LogP contribution in [0.5, 0.6) is 0 Å². The fraction of sp³-hybridized carbons (Fsp3) is 0.625. The summed E-state index contributed by atoms with van der Waals surface area (Å²) in [6, 6.07) is 0. The maximum absolute atomic E-state index is 5.54. The molecule has 1 aromatic rings. The Bertz CT molecular complexity index is 497. The van der Waals surface area contributed by atoms with E-state index in [-0.39, 0.29) is 0 Å². The molecule has 0 spiro atoms. The van der Waals surface area contributed by atoms with Gasteiger partial charge in [-0.05, 0) is 46.0 Å². The molecule has 0 saturated carbocycles. The van der Waals surface area contributed by atoms with Crippen molar-refractivity contribution >= 4 is 5.96 Å². The van der Waals surface area contributed by atoms with Crippen LogP contribution in [0.15, 0.2) is 21.1 Å². The van der Waals surface area contributed by atoms with Crippen LogP contribution in [0.25, 0.3) is 0 Å². The zero-order chi connectivity index (χ0) is 15.1. The van der Waals surface area contributed by atoms with Crippen LogP contribution in [0.4, 0.5) is 0 Å². The molecule has 5 nitrogen and oxygen atoms in total. The first-order chi connectivity index (χ1) is 10.2. The van der Waals surface area contributed by atoms with Crippen LogP contribution in [0.2, 0.25) is 0 Å². The average Bonchev–Trinajstić information content (AvgIpc) is 2.82. The summed E-state index contributed by atoms with van der Waals surface area (Å²) in [5.41, 5.74) is 2.52. The smallest absolute Gasteiger partial charge is 0.214 e. The zero-order valence-electron chi connectivity index (χ0n) is 13.3. The van der Waals surface area contributed by atoms with Crippen molar-refractivity contribution in [3.63, 3.8) is 0 Å². The lowest BCUT2D eigenvalue weighted by molar-refractivity contribution is 0.463. The van der Waals surface area contributed by atoms with Crippen molar-refractivity contribution in [3.05, 3.63) is 29.0 Å². The van der Waals surface area contributed by atoms with Crippen LogP contribution < -0.4 is 10.6 Å². The molecule has 0 atom stereocenters. The van der Waals surface area contributed by atoms with Crippen molar-refractivity contribution in [3.8, 4) is 0 Å². The molecule has 0 bridgehead atoms. The van der Waals surface area contributed by atoms with Gasteiger partial charge < -0.3 is 15.1 Å². The molecule has 1 heterocycles. The molecule has 21 heavy (non-hydrogen) atoms. The molecule has 0 radical (unpaired) electrons. The first kappa shape index (κ1) is 15.6. The number of rotatable bonds is 5. The largest absolute Gasteiger partial charge is 0.444 e. The summed E-state index contributed by atoms with van der Waals surface area (Å²) in [4.78, 5) is 8.57. The molecule has 2 rings (SSSR count). The summed E-state index contributed by atoms with van der Waals surface area (Å²) >= 11 is 0. The van der Waals surface area contributed by atoms with Gasteiger partial charge in [0.05, 0.1) is 12.2 Å². The molecule has 0 aromatic carbocycles. The molecule has 1 aliphatic carbocycles. The van der Waals surface area contributed by atoms with Crippen LogP contribution in [-0.4, -0.2) is 24.5 Å². The van der Waals surface area contributed by atoms with Gasteiger partial charge in [-0.3, -0.25) is 4.99 Å². The van der Waals surface area contributed by atoms with Gasteiger partial charge in [0.2, 0.25) is 5.89 Å². The fourth-order valence-electron chi connectivity index (χ4n) is 2.47. The van der Waals surface area contributed by atoms with Gasteiger partial charge in [0.1, 0.15) is 5.76 Å². The Morgan fingerprint density at radius 1 is 1.33 bits per heavy atom. The maximum Gasteiger partial charge on any atom is 0.214 e. The molecule has 2 N–H and O–H groups in total. The van der Waals surface area contributed by atoms with E-state index in [0.29, 0.717) is 12.4 Å². The molecule has 0 aliphatic heterocycles. The highest BCUT2D eigenvalue weighted by molar-refractivity contribution is 5.79. The number of oxazole rings is 1. The molecular formula is C16H26N4O. The molecule has 0 unspecified atom stereocenters. The first-order valence-corrected chi connectivity index (χ1v) is 7.74. The number of aliphatic imine (C=N–C) groups is 1. The summed E-state index contributed by atoms with van der Waals surface area (Å²) in [5.74, 6) is 2.36. The number of hydrogen-bond donors (Lipinski definition) is 2. The molecule has 1 aliphatic rings. The standard InChI is InChI=1S/C16H26N4O/c1-12-13(2)21-15(20-12)11-19-16(17-3)18-10-9-14-7-5-4-6-8-14/h7H,4-6,8-11H2,1-3H3,(H2,17,18,19). The third kappa shape index (κ3) is 4.92. The number of aryl methyl sites for hydroxylation is 2. The quantitative estimate of drug-likeness (QED) is 0.497. The second kappa shape index (κ2) is 7.86. The van der Waals surface area contributed by atoms with Crippen molar-refractivity contribution in [2.24, 2.45) is 4.99 Å². The lowest BCUT2D eigenvalue weighted by Crippen LogP contribution is -2.37. The second-order valence-corrected chi connectivity index (χ2v) is 5.46. The highest BCUT2D eigenvalue weighted by Gasteiger charge is 2.07. The van der Waals surface area contributed by atoms with E-state index in [4.69, 9.17) is 4.42 Å². The second-order valence-electron chi connectivity index (χ2n) is 5.46.